The molecule has 0 spiro atoms. The molecule has 0 fully saturated rings. The van der Waals surface area contributed by atoms with Crippen LogP contribution >= 0.6 is 0 Å². The second kappa shape index (κ2) is 6.70. The Hall–Kier alpha value is -2.36. The first kappa shape index (κ1) is 14.1. The fraction of sp³-hybridized carbons (Fsp3) is 0.188. The smallest absolute Gasteiger partial charge is 0.170 e. The highest BCUT2D eigenvalue weighted by molar-refractivity contribution is 5.98. The van der Waals surface area contributed by atoms with Crippen molar-refractivity contribution in [1.82, 2.24) is 0 Å². The van der Waals surface area contributed by atoms with Crippen molar-refractivity contribution in [1.29, 1.82) is 0 Å². The summed E-state index contributed by atoms with van der Waals surface area (Å²) in [5.41, 5.74) is 0.240. The van der Waals surface area contributed by atoms with Gasteiger partial charge in [-0.2, -0.15) is 0 Å². The average molecular weight is 274 g/mol. The molecule has 0 aliphatic rings. The van der Waals surface area contributed by atoms with Crippen molar-refractivity contribution in [2.45, 2.75) is 6.42 Å². The lowest BCUT2D eigenvalue weighted by molar-refractivity contribution is 0.0958. The van der Waals surface area contributed by atoms with E-state index in [1.807, 2.05) is 30.3 Å². The van der Waals surface area contributed by atoms with Gasteiger partial charge in [0.2, 0.25) is 0 Å². The number of para-hydroxylation sites is 1. The summed E-state index contributed by atoms with van der Waals surface area (Å²) < 4.78 is 23.7. The number of ketones is 1. The van der Waals surface area contributed by atoms with Gasteiger partial charge in [-0.1, -0.05) is 18.2 Å². The number of benzene rings is 2. The normalized spacial score (nSPS) is 10.1. The minimum absolute atomic E-state index is 0.161. The first-order valence-corrected chi connectivity index (χ1v) is 6.25. The second-order valence-electron chi connectivity index (χ2n) is 4.18. The number of carbonyl (C=O) groups excluding carboxylic acids is 1. The molecule has 0 aliphatic carbocycles. The summed E-state index contributed by atoms with van der Waals surface area (Å²) in [5, 5.41) is 0. The molecule has 4 heteroatoms. The van der Waals surface area contributed by atoms with Gasteiger partial charge >= 0.3 is 0 Å². The summed E-state index contributed by atoms with van der Waals surface area (Å²) in [5.74, 6) is 0.401. The van der Waals surface area contributed by atoms with E-state index >= 15 is 0 Å². The number of hydrogen-bond donors (Lipinski definition) is 0. The number of hydrogen-bond acceptors (Lipinski definition) is 3. The first-order chi connectivity index (χ1) is 9.70. The van der Waals surface area contributed by atoms with Gasteiger partial charge in [-0.05, 0) is 30.3 Å². The molecule has 2 rings (SSSR count). The van der Waals surface area contributed by atoms with Crippen LogP contribution in [0.1, 0.15) is 16.8 Å². The van der Waals surface area contributed by atoms with Crippen molar-refractivity contribution >= 4 is 5.78 Å². The van der Waals surface area contributed by atoms with Crippen molar-refractivity contribution in [2.24, 2.45) is 0 Å². The third kappa shape index (κ3) is 3.57. The number of carbonyl (C=O) groups is 1. The predicted molar refractivity (Wildman–Crippen MR) is 73.8 cm³/mol. The van der Waals surface area contributed by atoms with Crippen LogP contribution in [0.15, 0.2) is 48.5 Å². The Morgan fingerprint density at radius 1 is 1.15 bits per heavy atom. The third-order valence-electron chi connectivity index (χ3n) is 2.80. The van der Waals surface area contributed by atoms with E-state index in [0.29, 0.717) is 11.5 Å². The molecule has 2 aromatic rings. The Balaban J connectivity index is 1.97. The molecule has 3 nitrogen and oxygen atoms in total. The predicted octanol–water partition coefficient (Wildman–Crippen LogP) is 3.49. The maximum atomic E-state index is 13.2. The highest BCUT2D eigenvalue weighted by Crippen LogP contribution is 2.21. The summed E-state index contributed by atoms with van der Waals surface area (Å²) in [6.45, 7) is 0.239. The zero-order chi connectivity index (χ0) is 14.4. The van der Waals surface area contributed by atoms with Crippen molar-refractivity contribution in [3.8, 4) is 11.5 Å². The largest absolute Gasteiger partial charge is 0.496 e. The molecule has 104 valence electrons. The van der Waals surface area contributed by atoms with Gasteiger partial charge in [-0.25, -0.2) is 4.39 Å². The lowest BCUT2D eigenvalue weighted by Crippen LogP contribution is -2.08. The van der Waals surface area contributed by atoms with Gasteiger partial charge in [0.05, 0.1) is 19.3 Å². The van der Waals surface area contributed by atoms with Crippen LogP contribution in [0.2, 0.25) is 0 Å². The standard InChI is InChI=1S/C16H15FO3/c1-19-16-8-7-12(17)11-14(16)15(18)9-10-20-13-5-3-2-4-6-13/h2-8,11H,9-10H2,1H3. The minimum Gasteiger partial charge on any atom is -0.496 e. The van der Waals surface area contributed by atoms with E-state index in [1.165, 1.54) is 25.3 Å². The number of ether oxygens (including phenoxy) is 2. The molecule has 0 saturated heterocycles. The molecule has 0 bridgehead atoms. The topological polar surface area (TPSA) is 35.5 Å². The molecular formula is C16H15FO3. The van der Waals surface area contributed by atoms with E-state index in [-0.39, 0.29) is 24.4 Å². The number of halogens is 1. The quantitative estimate of drug-likeness (QED) is 0.756. The minimum atomic E-state index is -0.460. The molecule has 0 aliphatic heterocycles. The molecule has 0 saturated carbocycles. The highest BCUT2D eigenvalue weighted by atomic mass is 19.1. The van der Waals surface area contributed by atoms with Crippen LogP contribution in [-0.4, -0.2) is 19.5 Å². The summed E-state index contributed by atoms with van der Waals surface area (Å²) in [4.78, 5) is 12.0. The monoisotopic (exact) mass is 274 g/mol. The Morgan fingerprint density at radius 3 is 2.60 bits per heavy atom. The van der Waals surface area contributed by atoms with Crippen molar-refractivity contribution in [3.05, 3.63) is 59.9 Å². The van der Waals surface area contributed by atoms with Crippen LogP contribution in [-0.2, 0) is 0 Å². The van der Waals surface area contributed by atoms with Crippen LogP contribution in [0, 0.1) is 5.82 Å². The Labute approximate surface area is 117 Å². The zero-order valence-corrected chi connectivity index (χ0v) is 11.1. The van der Waals surface area contributed by atoms with Crippen molar-refractivity contribution in [3.63, 3.8) is 0 Å². The number of rotatable bonds is 6. The summed E-state index contributed by atoms with van der Waals surface area (Å²) in [6.07, 6.45) is 0.161. The maximum absolute atomic E-state index is 13.2. The molecular weight excluding hydrogens is 259 g/mol. The van der Waals surface area contributed by atoms with E-state index in [2.05, 4.69) is 0 Å². The van der Waals surface area contributed by atoms with E-state index in [4.69, 9.17) is 9.47 Å². The Bertz CT molecular complexity index is 582. The lowest BCUT2D eigenvalue weighted by Gasteiger charge is -2.08. The fourth-order valence-electron chi connectivity index (χ4n) is 1.81. The third-order valence-corrected chi connectivity index (χ3v) is 2.80. The Morgan fingerprint density at radius 2 is 1.90 bits per heavy atom. The first-order valence-electron chi connectivity index (χ1n) is 6.25. The van der Waals surface area contributed by atoms with Crippen LogP contribution in [0.25, 0.3) is 0 Å². The molecule has 0 unspecified atom stereocenters. The van der Waals surface area contributed by atoms with E-state index < -0.39 is 5.82 Å². The van der Waals surface area contributed by atoms with Gasteiger partial charge in [-0.3, -0.25) is 4.79 Å². The molecule has 0 aromatic heterocycles. The summed E-state index contributed by atoms with van der Waals surface area (Å²) in [7, 11) is 1.45. The second-order valence-corrected chi connectivity index (χ2v) is 4.18. The van der Waals surface area contributed by atoms with Crippen LogP contribution in [0.3, 0.4) is 0 Å². The SMILES string of the molecule is COc1ccc(F)cc1C(=O)CCOc1ccccc1. The van der Waals surface area contributed by atoms with Gasteiger partial charge in [0.25, 0.3) is 0 Å². The number of methoxy groups -OCH3 is 1. The van der Waals surface area contributed by atoms with Gasteiger partial charge in [0.15, 0.2) is 5.78 Å². The molecule has 0 heterocycles. The van der Waals surface area contributed by atoms with Gasteiger partial charge < -0.3 is 9.47 Å². The van der Waals surface area contributed by atoms with Crippen LogP contribution in [0.4, 0.5) is 4.39 Å². The molecule has 20 heavy (non-hydrogen) atoms. The average Bonchev–Trinajstić information content (AvgIpc) is 2.48. The highest BCUT2D eigenvalue weighted by Gasteiger charge is 2.13. The maximum Gasteiger partial charge on any atom is 0.170 e. The van der Waals surface area contributed by atoms with E-state index in [0.717, 1.165) is 0 Å². The molecule has 0 amide bonds. The van der Waals surface area contributed by atoms with E-state index in [1.54, 1.807) is 0 Å². The van der Waals surface area contributed by atoms with E-state index in [9.17, 15) is 9.18 Å². The fourth-order valence-corrected chi connectivity index (χ4v) is 1.81. The Kier molecular flexibility index (Phi) is 4.71. The van der Waals surface area contributed by atoms with Crippen LogP contribution in [0.5, 0.6) is 11.5 Å². The van der Waals surface area contributed by atoms with Gasteiger partial charge in [-0.15, -0.1) is 0 Å². The molecule has 0 atom stereocenters. The molecule has 2 aromatic carbocycles. The van der Waals surface area contributed by atoms with Gasteiger partial charge in [0.1, 0.15) is 17.3 Å². The molecule has 0 radical (unpaired) electrons. The van der Waals surface area contributed by atoms with Crippen LogP contribution < -0.4 is 9.47 Å². The zero-order valence-electron chi connectivity index (χ0n) is 11.1. The summed E-state index contributed by atoms with van der Waals surface area (Å²) >= 11 is 0. The van der Waals surface area contributed by atoms with Crippen molar-refractivity contribution < 1.29 is 18.7 Å². The summed E-state index contributed by atoms with van der Waals surface area (Å²) in [6, 6.07) is 13.1. The number of Topliss-reactive ketones (excluding diaryl/α,β-unsaturated/α-hetero) is 1. The van der Waals surface area contributed by atoms with Gasteiger partial charge in [0, 0.05) is 6.42 Å². The van der Waals surface area contributed by atoms with Crippen molar-refractivity contribution in [2.75, 3.05) is 13.7 Å². The molecule has 0 N–H and O–H groups in total. The lowest BCUT2D eigenvalue weighted by atomic mass is 10.1.